The van der Waals surface area contributed by atoms with Crippen molar-refractivity contribution in [3.8, 4) is 5.88 Å². The molecule has 130 valence electrons. The highest BCUT2D eigenvalue weighted by molar-refractivity contribution is 7.89. The lowest BCUT2D eigenvalue weighted by Gasteiger charge is -2.28. The summed E-state index contributed by atoms with van der Waals surface area (Å²) in [4.78, 5) is 3.46. The fraction of sp³-hybridized carbons (Fsp3) is 0.615. The molecule has 1 aromatic heterocycles. The zero-order chi connectivity index (χ0) is 17.1. The highest BCUT2D eigenvalue weighted by Crippen LogP contribution is 2.30. The monoisotopic (exact) mass is 353 g/mol. The van der Waals surface area contributed by atoms with Crippen LogP contribution in [0.1, 0.15) is 25.7 Å². The third-order valence-corrected chi connectivity index (χ3v) is 5.27. The van der Waals surface area contributed by atoms with E-state index in [1.54, 1.807) is 0 Å². The minimum Gasteiger partial charge on any atom is -0.468 e. The van der Waals surface area contributed by atoms with Crippen molar-refractivity contribution in [3.05, 3.63) is 18.3 Å². The van der Waals surface area contributed by atoms with E-state index < -0.39 is 28.3 Å². The van der Waals surface area contributed by atoms with E-state index in [1.807, 2.05) is 0 Å². The van der Waals surface area contributed by atoms with Crippen LogP contribution >= 0.6 is 0 Å². The predicted molar refractivity (Wildman–Crippen MR) is 76.4 cm³/mol. The van der Waals surface area contributed by atoms with Gasteiger partial charge in [-0.05, 0) is 18.9 Å². The first kappa shape index (κ1) is 18.0. The molecule has 0 atom stereocenters. The third kappa shape index (κ3) is 4.79. The van der Waals surface area contributed by atoms with E-state index in [0.29, 0.717) is 12.8 Å². The molecule has 2 rings (SSSR count). The Hall–Kier alpha value is -1.39. The highest BCUT2D eigenvalue weighted by atomic mass is 32.2. The molecule has 0 spiro atoms. The molecule has 1 saturated carbocycles. The SMILES string of the molecule is NCC1(NS(=O)(=O)c2ccc(OCC(F)(F)F)nc2)CCCC1. The van der Waals surface area contributed by atoms with Crippen LogP contribution in [0.5, 0.6) is 5.88 Å². The molecule has 0 amide bonds. The van der Waals surface area contributed by atoms with E-state index in [1.165, 1.54) is 0 Å². The van der Waals surface area contributed by atoms with Crippen LogP contribution in [-0.2, 0) is 10.0 Å². The Kier molecular flexibility index (Phi) is 5.17. The summed E-state index contributed by atoms with van der Waals surface area (Å²) >= 11 is 0. The molecule has 1 aliphatic rings. The van der Waals surface area contributed by atoms with Gasteiger partial charge in [0.25, 0.3) is 0 Å². The molecule has 0 aromatic carbocycles. The van der Waals surface area contributed by atoms with Gasteiger partial charge in [0.2, 0.25) is 15.9 Å². The van der Waals surface area contributed by atoms with Crippen molar-refractivity contribution in [2.45, 2.75) is 42.3 Å². The summed E-state index contributed by atoms with van der Waals surface area (Å²) < 4.78 is 67.9. The Morgan fingerprint density at radius 3 is 2.43 bits per heavy atom. The van der Waals surface area contributed by atoms with Crippen molar-refractivity contribution in [2.75, 3.05) is 13.2 Å². The summed E-state index contributed by atoms with van der Waals surface area (Å²) in [7, 11) is -3.84. The summed E-state index contributed by atoms with van der Waals surface area (Å²) in [5.74, 6) is -0.296. The number of hydrogen-bond donors (Lipinski definition) is 2. The Morgan fingerprint density at radius 1 is 1.30 bits per heavy atom. The van der Waals surface area contributed by atoms with Gasteiger partial charge in [0.1, 0.15) is 4.90 Å². The quantitative estimate of drug-likeness (QED) is 0.810. The molecule has 1 heterocycles. The van der Waals surface area contributed by atoms with E-state index in [2.05, 4.69) is 14.4 Å². The first-order valence-corrected chi connectivity index (χ1v) is 8.54. The van der Waals surface area contributed by atoms with E-state index in [-0.39, 0.29) is 17.3 Å². The van der Waals surface area contributed by atoms with E-state index in [4.69, 9.17) is 5.73 Å². The maximum absolute atomic E-state index is 12.4. The lowest BCUT2D eigenvalue weighted by atomic mass is 10.0. The van der Waals surface area contributed by atoms with Crippen LogP contribution in [0.3, 0.4) is 0 Å². The Labute approximate surface area is 132 Å². The molecule has 1 aliphatic carbocycles. The van der Waals surface area contributed by atoms with Gasteiger partial charge in [-0.25, -0.2) is 18.1 Å². The molecule has 1 fully saturated rings. The number of pyridine rings is 1. The number of aromatic nitrogens is 1. The van der Waals surface area contributed by atoms with Gasteiger partial charge >= 0.3 is 6.18 Å². The number of nitrogens with two attached hydrogens (primary N) is 1. The van der Waals surface area contributed by atoms with E-state index in [9.17, 15) is 21.6 Å². The Balaban J connectivity index is 2.08. The van der Waals surface area contributed by atoms with Crippen LogP contribution in [0.2, 0.25) is 0 Å². The van der Waals surface area contributed by atoms with Gasteiger partial charge < -0.3 is 10.5 Å². The van der Waals surface area contributed by atoms with Crippen molar-refractivity contribution < 1.29 is 26.3 Å². The second-order valence-corrected chi connectivity index (χ2v) is 7.22. The fourth-order valence-electron chi connectivity index (χ4n) is 2.51. The highest BCUT2D eigenvalue weighted by Gasteiger charge is 2.37. The molecular formula is C13H18F3N3O3S. The van der Waals surface area contributed by atoms with Gasteiger partial charge in [-0.3, -0.25) is 0 Å². The number of hydrogen-bond acceptors (Lipinski definition) is 5. The van der Waals surface area contributed by atoms with Gasteiger partial charge in [0, 0.05) is 18.2 Å². The van der Waals surface area contributed by atoms with Crippen LogP contribution in [0, 0.1) is 0 Å². The first-order chi connectivity index (χ1) is 10.7. The summed E-state index contributed by atoms with van der Waals surface area (Å²) in [6, 6.07) is 2.24. The molecule has 0 bridgehead atoms. The molecule has 0 radical (unpaired) electrons. The Morgan fingerprint density at radius 2 is 1.96 bits per heavy atom. The number of ether oxygens (including phenoxy) is 1. The predicted octanol–water partition coefficient (Wildman–Crippen LogP) is 1.57. The maximum Gasteiger partial charge on any atom is 0.422 e. The van der Waals surface area contributed by atoms with Crippen LogP contribution in [0.4, 0.5) is 13.2 Å². The molecular weight excluding hydrogens is 335 g/mol. The van der Waals surface area contributed by atoms with Crippen molar-refractivity contribution in [2.24, 2.45) is 5.73 Å². The lowest BCUT2D eigenvalue weighted by Crippen LogP contribution is -2.51. The van der Waals surface area contributed by atoms with E-state index >= 15 is 0 Å². The first-order valence-electron chi connectivity index (χ1n) is 7.05. The number of halogens is 3. The summed E-state index contributed by atoms with van der Waals surface area (Å²) in [5, 5.41) is 0. The molecule has 1 aromatic rings. The van der Waals surface area contributed by atoms with Crippen LogP contribution in [0.25, 0.3) is 0 Å². The number of nitrogens with zero attached hydrogens (tertiary/aromatic N) is 1. The minimum absolute atomic E-state index is 0.142. The molecule has 0 unspecified atom stereocenters. The summed E-state index contributed by atoms with van der Waals surface area (Å²) in [5.41, 5.74) is 5.03. The average Bonchev–Trinajstić information content (AvgIpc) is 2.93. The van der Waals surface area contributed by atoms with Crippen LogP contribution in [-0.4, -0.2) is 38.3 Å². The topological polar surface area (TPSA) is 94.3 Å². The molecule has 10 heteroatoms. The smallest absolute Gasteiger partial charge is 0.422 e. The van der Waals surface area contributed by atoms with Crippen LogP contribution < -0.4 is 15.2 Å². The number of nitrogens with one attached hydrogen (secondary N) is 1. The van der Waals surface area contributed by atoms with Crippen LogP contribution in [0.15, 0.2) is 23.2 Å². The van der Waals surface area contributed by atoms with Gasteiger partial charge in [-0.2, -0.15) is 13.2 Å². The van der Waals surface area contributed by atoms with Gasteiger partial charge in [-0.1, -0.05) is 12.8 Å². The molecule has 3 N–H and O–H groups in total. The summed E-state index contributed by atoms with van der Waals surface area (Å²) in [6.07, 6.45) is -0.423. The van der Waals surface area contributed by atoms with Crippen molar-refractivity contribution >= 4 is 10.0 Å². The molecule has 23 heavy (non-hydrogen) atoms. The summed E-state index contributed by atoms with van der Waals surface area (Å²) in [6.45, 7) is -1.30. The number of rotatable bonds is 6. The van der Waals surface area contributed by atoms with E-state index in [0.717, 1.165) is 31.2 Å². The second-order valence-electron chi connectivity index (χ2n) is 5.53. The maximum atomic E-state index is 12.4. The fourth-order valence-corrected chi connectivity index (χ4v) is 3.92. The third-order valence-electron chi connectivity index (χ3n) is 3.71. The molecule has 6 nitrogen and oxygen atoms in total. The lowest BCUT2D eigenvalue weighted by molar-refractivity contribution is -0.154. The normalized spacial score (nSPS) is 18.1. The van der Waals surface area contributed by atoms with Crippen molar-refractivity contribution in [1.82, 2.24) is 9.71 Å². The zero-order valence-electron chi connectivity index (χ0n) is 12.3. The number of sulfonamides is 1. The second kappa shape index (κ2) is 6.62. The van der Waals surface area contributed by atoms with Crippen molar-refractivity contribution in [3.63, 3.8) is 0 Å². The van der Waals surface area contributed by atoms with Gasteiger partial charge in [-0.15, -0.1) is 0 Å². The standard InChI is InChI=1S/C13H18F3N3O3S/c14-13(15,16)9-22-11-4-3-10(7-18-11)23(20,21)19-12(8-17)5-1-2-6-12/h3-4,7,19H,1-2,5-6,8-9,17H2. The molecule has 0 aliphatic heterocycles. The minimum atomic E-state index is -4.48. The number of alkyl halides is 3. The Bertz CT molecular complexity index is 626. The largest absolute Gasteiger partial charge is 0.468 e. The average molecular weight is 353 g/mol. The zero-order valence-corrected chi connectivity index (χ0v) is 13.1. The van der Waals surface area contributed by atoms with Crippen molar-refractivity contribution in [1.29, 1.82) is 0 Å². The molecule has 0 saturated heterocycles. The van der Waals surface area contributed by atoms with Gasteiger partial charge in [0.15, 0.2) is 6.61 Å². The van der Waals surface area contributed by atoms with Gasteiger partial charge in [0.05, 0.1) is 6.20 Å².